The molecule has 0 spiro atoms. The van der Waals surface area contributed by atoms with Crippen molar-refractivity contribution in [1.82, 2.24) is 5.32 Å². The second-order valence-electron chi connectivity index (χ2n) is 3.37. The number of nitrogens with zero attached hydrogens (tertiary/aromatic N) is 1. The molecule has 5 heteroatoms. The first kappa shape index (κ1) is 12.2. The monoisotopic (exact) mass is 221 g/mol. The Morgan fingerprint density at radius 1 is 1.56 bits per heavy atom. The molecule has 0 bridgehead atoms. The zero-order valence-corrected chi connectivity index (χ0v) is 9.14. The Kier molecular flexibility index (Phi) is 4.47. The molecule has 3 N–H and O–H groups in total. The van der Waals surface area contributed by atoms with Gasteiger partial charge in [0.1, 0.15) is 0 Å². The van der Waals surface area contributed by atoms with Crippen molar-refractivity contribution in [3.05, 3.63) is 40.0 Å². The molecule has 0 aromatic heterocycles. The number of hydrogen-bond donors (Lipinski definition) is 2. The Morgan fingerprint density at radius 3 is 2.94 bits per heavy atom. The van der Waals surface area contributed by atoms with Gasteiger partial charge >= 0.3 is 0 Å². The van der Waals surface area contributed by atoms with Crippen molar-refractivity contribution < 1.29 is 4.92 Å². The van der Waals surface area contributed by atoms with Gasteiger partial charge in [-0.05, 0) is 32.1 Å². The summed E-state index contributed by atoms with van der Waals surface area (Å²) in [6, 6.07) is 4.56. The van der Waals surface area contributed by atoms with E-state index in [0.717, 1.165) is 13.0 Å². The van der Waals surface area contributed by atoms with Crippen LogP contribution in [0.3, 0.4) is 0 Å². The van der Waals surface area contributed by atoms with Gasteiger partial charge in [0.15, 0.2) is 0 Å². The maximum absolute atomic E-state index is 10.7. The van der Waals surface area contributed by atoms with Gasteiger partial charge in [0, 0.05) is 11.8 Å². The van der Waals surface area contributed by atoms with Crippen LogP contribution in [0.4, 0.5) is 11.4 Å². The summed E-state index contributed by atoms with van der Waals surface area (Å²) in [4.78, 5) is 10.3. The van der Waals surface area contributed by atoms with Crippen molar-refractivity contribution in [1.29, 1.82) is 0 Å². The van der Waals surface area contributed by atoms with Gasteiger partial charge in [0.05, 0.1) is 10.5 Å². The fourth-order valence-corrected chi connectivity index (χ4v) is 1.31. The highest BCUT2D eigenvalue weighted by Gasteiger charge is 2.10. The highest BCUT2D eigenvalue weighted by molar-refractivity contribution is 5.65. The summed E-state index contributed by atoms with van der Waals surface area (Å²) >= 11 is 0. The van der Waals surface area contributed by atoms with Crippen molar-refractivity contribution in [3.8, 4) is 0 Å². The van der Waals surface area contributed by atoms with Crippen LogP contribution in [0.25, 0.3) is 6.08 Å². The number of nitrogens with one attached hydrogen (secondary N) is 1. The maximum atomic E-state index is 10.7. The highest BCUT2D eigenvalue weighted by Crippen LogP contribution is 2.22. The van der Waals surface area contributed by atoms with E-state index in [9.17, 15) is 10.1 Å². The van der Waals surface area contributed by atoms with E-state index in [1.807, 2.05) is 13.1 Å². The van der Waals surface area contributed by atoms with Crippen LogP contribution >= 0.6 is 0 Å². The van der Waals surface area contributed by atoms with E-state index in [1.165, 1.54) is 12.1 Å². The lowest BCUT2D eigenvalue weighted by Gasteiger charge is -1.99. The van der Waals surface area contributed by atoms with E-state index < -0.39 is 4.92 Å². The van der Waals surface area contributed by atoms with E-state index in [1.54, 1.807) is 12.1 Å². The molecule has 5 nitrogen and oxygen atoms in total. The quantitative estimate of drug-likeness (QED) is 0.344. The third-order valence-electron chi connectivity index (χ3n) is 2.11. The zero-order valence-electron chi connectivity index (χ0n) is 9.14. The molecule has 0 heterocycles. The van der Waals surface area contributed by atoms with E-state index in [0.29, 0.717) is 11.3 Å². The Hall–Kier alpha value is -1.88. The summed E-state index contributed by atoms with van der Waals surface area (Å²) in [6.45, 7) is 0.840. The Morgan fingerprint density at radius 2 is 2.31 bits per heavy atom. The summed E-state index contributed by atoms with van der Waals surface area (Å²) in [5.41, 5.74) is 6.74. The largest absolute Gasteiger partial charge is 0.399 e. The first-order chi connectivity index (χ1) is 7.65. The molecule has 1 rings (SSSR count). The minimum absolute atomic E-state index is 0.0786. The number of nitro groups is 1. The predicted octanol–water partition coefficient (Wildman–Crippen LogP) is 1.80. The Balaban J connectivity index is 2.88. The maximum Gasteiger partial charge on any atom is 0.276 e. The number of anilines is 1. The topological polar surface area (TPSA) is 81.2 Å². The van der Waals surface area contributed by atoms with Gasteiger partial charge in [-0.3, -0.25) is 10.1 Å². The van der Waals surface area contributed by atoms with Crippen molar-refractivity contribution in [2.24, 2.45) is 0 Å². The van der Waals surface area contributed by atoms with E-state index in [4.69, 9.17) is 5.73 Å². The fourth-order valence-electron chi connectivity index (χ4n) is 1.31. The van der Waals surface area contributed by atoms with Gasteiger partial charge in [-0.2, -0.15) is 0 Å². The molecule has 0 fully saturated rings. The number of nitrogens with two attached hydrogens (primary N) is 1. The molecule has 0 radical (unpaired) electrons. The van der Waals surface area contributed by atoms with Crippen LogP contribution < -0.4 is 11.1 Å². The van der Waals surface area contributed by atoms with Crippen LogP contribution in [-0.2, 0) is 0 Å². The molecule has 16 heavy (non-hydrogen) atoms. The van der Waals surface area contributed by atoms with Gasteiger partial charge < -0.3 is 11.1 Å². The van der Waals surface area contributed by atoms with Crippen molar-refractivity contribution in [2.75, 3.05) is 19.3 Å². The second-order valence-corrected chi connectivity index (χ2v) is 3.37. The molecule has 0 aliphatic carbocycles. The lowest BCUT2D eigenvalue weighted by atomic mass is 10.1. The molecule has 0 unspecified atom stereocenters. The van der Waals surface area contributed by atoms with Crippen LogP contribution in [-0.4, -0.2) is 18.5 Å². The highest BCUT2D eigenvalue weighted by atomic mass is 16.6. The lowest BCUT2D eigenvalue weighted by Crippen LogP contribution is -2.05. The summed E-state index contributed by atoms with van der Waals surface area (Å²) in [6.07, 6.45) is 4.44. The smallest absolute Gasteiger partial charge is 0.276 e. The molecule has 86 valence electrons. The van der Waals surface area contributed by atoms with Crippen LogP contribution in [0.2, 0.25) is 0 Å². The third kappa shape index (κ3) is 3.36. The number of nitrogen functional groups attached to an aromatic ring is 1. The summed E-state index contributed by atoms with van der Waals surface area (Å²) in [5.74, 6) is 0. The molecular weight excluding hydrogens is 206 g/mol. The number of rotatable bonds is 5. The number of benzene rings is 1. The minimum atomic E-state index is -0.406. The van der Waals surface area contributed by atoms with Gasteiger partial charge in [-0.1, -0.05) is 12.2 Å². The molecule has 0 aliphatic rings. The first-order valence-electron chi connectivity index (χ1n) is 5.00. The standard InChI is InChI=1S/C11H15N3O2/c1-13-7-3-2-4-9-8-10(12)5-6-11(9)14(15)16/h2,4-6,8,13H,3,7,12H2,1H3. The Bertz CT molecular complexity index is 402. The fraction of sp³-hybridized carbons (Fsp3) is 0.273. The van der Waals surface area contributed by atoms with Crippen molar-refractivity contribution in [3.63, 3.8) is 0 Å². The first-order valence-corrected chi connectivity index (χ1v) is 5.00. The molecule has 1 aromatic carbocycles. The Labute approximate surface area is 94.1 Å². The third-order valence-corrected chi connectivity index (χ3v) is 2.11. The van der Waals surface area contributed by atoms with Crippen LogP contribution in [0.1, 0.15) is 12.0 Å². The van der Waals surface area contributed by atoms with E-state index in [-0.39, 0.29) is 5.69 Å². The van der Waals surface area contributed by atoms with Gasteiger partial charge in [0.25, 0.3) is 5.69 Å². The van der Waals surface area contributed by atoms with Crippen LogP contribution in [0.5, 0.6) is 0 Å². The summed E-state index contributed by atoms with van der Waals surface area (Å²) in [5, 5.41) is 13.7. The molecule has 1 aromatic rings. The molecule has 0 saturated heterocycles. The molecule has 0 aliphatic heterocycles. The average molecular weight is 221 g/mol. The van der Waals surface area contributed by atoms with Crippen molar-refractivity contribution >= 4 is 17.5 Å². The molecular formula is C11H15N3O2. The zero-order chi connectivity index (χ0) is 12.0. The average Bonchev–Trinajstić information content (AvgIpc) is 2.24. The summed E-state index contributed by atoms with van der Waals surface area (Å²) < 4.78 is 0. The second kappa shape index (κ2) is 5.87. The SMILES string of the molecule is CNCCC=Cc1cc(N)ccc1[N+](=O)[O-]. The lowest BCUT2D eigenvalue weighted by molar-refractivity contribution is -0.385. The molecule has 0 atom stereocenters. The molecule has 0 amide bonds. The van der Waals surface area contributed by atoms with E-state index >= 15 is 0 Å². The van der Waals surface area contributed by atoms with Crippen molar-refractivity contribution in [2.45, 2.75) is 6.42 Å². The summed E-state index contributed by atoms with van der Waals surface area (Å²) in [7, 11) is 1.86. The number of nitro benzene ring substituents is 1. The number of hydrogen-bond acceptors (Lipinski definition) is 4. The van der Waals surface area contributed by atoms with Gasteiger partial charge in [-0.25, -0.2) is 0 Å². The molecule has 0 saturated carbocycles. The van der Waals surface area contributed by atoms with Gasteiger partial charge in [-0.15, -0.1) is 0 Å². The predicted molar refractivity (Wildman–Crippen MR) is 65.1 cm³/mol. The van der Waals surface area contributed by atoms with Crippen LogP contribution in [0, 0.1) is 10.1 Å². The van der Waals surface area contributed by atoms with Gasteiger partial charge in [0.2, 0.25) is 0 Å². The normalized spacial score (nSPS) is 10.8. The van der Waals surface area contributed by atoms with E-state index in [2.05, 4.69) is 5.32 Å². The van der Waals surface area contributed by atoms with Crippen LogP contribution in [0.15, 0.2) is 24.3 Å². The minimum Gasteiger partial charge on any atom is -0.399 e.